The molecule has 4 rings (SSSR count). The van der Waals surface area contributed by atoms with E-state index in [2.05, 4.69) is 21.2 Å². The number of anilines is 1. The molecule has 3 aromatic carbocycles. The lowest BCUT2D eigenvalue weighted by molar-refractivity contribution is 0.0686. The van der Waals surface area contributed by atoms with E-state index in [9.17, 15) is 9.59 Å². The van der Waals surface area contributed by atoms with Gasteiger partial charge in [0.05, 0.1) is 22.5 Å². The number of halogens is 1. The maximum atomic E-state index is 11.2. The third-order valence-electron chi connectivity index (χ3n) is 4.90. The van der Waals surface area contributed by atoms with Gasteiger partial charge in [-0.15, -0.1) is 0 Å². The first-order valence-corrected chi connectivity index (χ1v) is 10.5. The SMILES string of the molecule is O=C(O)c1ccc(-c2nn(-c3ccc(C(=O)O)cc3)cc2CNc2ccc(Br)cc2)cc1. The molecule has 8 heteroatoms. The van der Waals surface area contributed by atoms with Gasteiger partial charge in [0.1, 0.15) is 0 Å². The number of carbonyl (C=O) groups is 2. The standard InChI is InChI=1S/C24H18BrN3O4/c25-19-7-9-20(10-8-19)26-13-18-14-28(21-11-5-17(6-12-21)24(31)32)27-22(18)15-1-3-16(4-2-15)23(29)30/h1-12,14,26H,13H2,(H,29,30)(H,31,32). The minimum Gasteiger partial charge on any atom is -0.478 e. The van der Waals surface area contributed by atoms with Crippen LogP contribution in [-0.4, -0.2) is 31.9 Å². The molecule has 0 fully saturated rings. The Hall–Kier alpha value is -3.91. The van der Waals surface area contributed by atoms with Gasteiger partial charge in [-0.2, -0.15) is 5.10 Å². The summed E-state index contributed by atoms with van der Waals surface area (Å²) in [5.74, 6) is -1.98. The summed E-state index contributed by atoms with van der Waals surface area (Å²) in [6, 6.07) is 20.8. The second kappa shape index (κ2) is 9.07. The predicted molar refractivity (Wildman–Crippen MR) is 124 cm³/mol. The van der Waals surface area contributed by atoms with Crippen LogP contribution in [0.2, 0.25) is 0 Å². The maximum Gasteiger partial charge on any atom is 0.335 e. The smallest absolute Gasteiger partial charge is 0.335 e. The number of hydrogen-bond acceptors (Lipinski definition) is 4. The molecule has 0 atom stereocenters. The molecule has 160 valence electrons. The molecule has 0 amide bonds. The highest BCUT2D eigenvalue weighted by Gasteiger charge is 2.14. The highest BCUT2D eigenvalue weighted by Crippen LogP contribution is 2.26. The average Bonchev–Trinajstić information content (AvgIpc) is 3.23. The summed E-state index contributed by atoms with van der Waals surface area (Å²) in [4.78, 5) is 22.3. The molecule has 0 aliphatic carbocycles. The molecule has 0 saturated heterocycles. The summed E-state index contributed by atoms with van der Waals surface area (Å²) >= 11 is 3.42. The number of carboxylic acids is 2. The van der Waals surface area contributed by atoms with Crippen molar-refractivity contribution in [3.63, 3.8) is 0 Å². The van der Waals surface area contributed by atoms with E-state index >= 15 is 0 Å². The minimum atomic E-state index is -0.990. The van der Waals surface area contributed by atoms with Gasteiger partial charge < -0.3 is 15.5 Å². The molecule has 0 spiro atoms. The van der Waals surface area contributed by atoms with Crippen molar-refractivity contribution in [1.29, 1.82) is 0 Å². The number of aromatic nitrogens is 2. The third-order valence-corrected chi connectivity index (χ3v) is 5.43. The van der Waals surface area contributed by atoms with E-state index in [-0.39, 0.29) is 11.1 Å². The fourth-order valence-corrected chi connectivity index (χ4v) is 3.47. The Morgan fingerprint density at radius 3 is 1.97 bits per heavy atom. The molecule has 0 aliphatic rings. The first-order chi connectivity index (χ1) is 15.4. The summed E-state index contributed by atoms with van der Waals surface area (Å²) in [6.45, 7) is 0.491. The van der Waals surface area contributed by atoms with Crippen LogP contribution in [0, 0.1) is 0 Å². The second-order valence-electron chi connectivity index (χ2n) is 7.04. The van der Waals surface area contributed by atoms with Crippen molar-refractivity contribution in [2.75, 3.05) is 5.32 Å². The molecule has 0 bridgehead atoms. The zero-order valence-corrected chi connectivity index (χ0v) is 18.3. The number of nitrogens with one attached hydrogen (secondary N) is 1. The molecule has 3 N–H and O–H groups in total. The van der Waals surface area contributed by atoms with E-state index in [1.165, 1.54) is 12.1 Å². The molecule has 0 unspecified atom stereocenters. The fourth-order valence-electron chi connectivity index (χ4n) is 3.21. The molecular weight excluding hydrogens is 474 g/mol. The van der Waals surface area contributed by atoms with Crippen LogP contribution in [0.4, 0.5) is 5.69 Å². The molecule has 0 aliphatic heterocycles. The Labute approximate surface area is 192 Å². The number of benzene rings is 3. The normalized spacial score (nSPS) is 10.7. The Kier molecular flexibility index (Phi) is 6.04. The maximum absolute atomic E-state index is 11.2. The Balaban J connectivity index is 1.69. The second-order valence-corrected chi connectivity index (χ2v) is 7.96. The summed E-state index contributed by atoms with van der Waals surface area (Å²) in [5, 5.41) is 26.4. The lowest BCUT2D eigenvalue weighted by atomic mass is 10.1. The van der Waals surface area contributed by atoms with Crippen LogP contribution in [0.15, 0.2) is 83.5 Å². The van der Waals surface area contributed by atoms with Crippen LogP contribution in [0.25, 0.3) is 16.9 Å². The van der Waals surface area contributed by atoms with Crippen LogP contribution in [-0.2, 0) is 6.54 Å². The molecule has 1 aromatic heterocycles. The van der Waals surface area contributed by atoms with Gasteiger partial charge in [-0.25, -0.2) is 14.3 Å². The van der Waals surface area contributed by atoms with Gasteiger partial charge in [0.15, 0.2) is 0 Å². The van der Waals surface area contributed by atoms with E-state index < -0.39 is 11.9 Å². The third kappa shape index (κ3) is 4.70. The largest absolute Gasteiger partial charge is 0.478 e. The minimum absolute atomic E-state index is 0.197. The van der Waals surface area contributed by atoms with E-state index in [0.717, 1.165) is 21.3 Å². The van der Waals surface area contributed by atoms with E-state index in [1.54, 1.807) is 41.1 Å². The van der Waals surface area contributed by atoms with Crippen molar-refractivity contribution in [3.05, 3.63) is 100 Å². The number of rotatable bonds is 7. The first kappa shape index (κ1) is 21.3. The summed E-state index contributed by atoms with van der Waals surface area (Å²) in [7, 11) is 0. The summed E-state index contributed by atoms with van der Waals surface area (Å²) in [5.41, 5.74) is 4.44. The molecule has 0 saturated carbocycles. The van der Waals surface area contributed by atoms with Crippen molar-refractivity contribution >= 4 is 33.6 Å². The molecule has 32 heavy (non-hydrogen) atoms. The quantitative estimate of drug-likeness (QED) is 0.323. The predicted octanol–water partition coefficient (Wildman–Crippen LogP) is 5.31. The Morgan fingerprint density at radius 1 is 0.844 bits per heavy atom. The molecule has 7 nitrogen and oxygen atoms in total. The van der Waals surface area contributed by atoms with Gasteiger partial charge in [-0.05, 0) is 60.7 Å². The van der Waals surface area contributed by atoms with Crippen molar-refractivity contribution in [2.24, 2.45) is 0 Å². The first-order valence-electron chi connectivity index (χ1n) is 9.66. The topological polar surface area (TPSA) is 104 Å². The van der Waals surface area contributed by atoms with Gasteiger partial charge in [0, 0.05) is 34.0 Å². The average molecular weight is 492 g/mol. The van der Waals surface area contributed by atoms with Crippen molar-refractivity contribution < 1.29 is 19.8 Å². The van der Waals surface area contributed by atoms with Crippen LogP contribution in [0.5, 0.6) is 0 Å². The number of carboxylic acid groups (broad SMARTS) is 2. The molecule has 0 radical (unpaired) electrons. The number of aromatic carboxylic acids is 2. The van der Waals surface area contributed by atoms with Gasteiger partial charge in [0.2, 0.25) is 0 Å². The van der Waals surface area contributed by atoms with Crippen molar-refractivity contribution in [2.45, 2.75) is 6.54 Å². The van der Waals surface area contributed by atoms with Crippen LogP contribution < -0.4 is 5.32 Å². The zero-order valence-electron chi connectivity index (χ0n) is 16.7. The van der Waals surface area contributed by atoms with Crippen LogP contribution in [0.1, 0.15) is 26.3 Å². The van der Waals surface area contributed by atoms with E-state index in [0.29, 0.717) is 17.9 Å². The van der Waals surface area contributed by atoms with Crippen molar-refractivity contribution in [3.8, 4) is 16.9 Å². The molecule has 4 aromatic rings. The number of nitrogens with zero attached hydrogens (tertiary/aromatic N) is 2. The lowest BCUT2D eigenvalue weighted by Gasteiger charge is -2.07. The Bertz CT molecular complexity index is 1260. The Morgan fingerprint density at radius 2 is 1.41 bits per heavy atom. The molecular formula is C24H18BrN3O4. The summed E-state index contributed by atoms with van der Waals surface area (Å²) in [6.07, 6.45) is 1.88. The summed E-state index contributed by atoms with van der Waals surface area (Å²) < 4.78 is 2.67. The lowest BCUT2D eigenvalue weighted by Crippen LogP contribution is -2.00. The highest BCUT2D eigenvalue weighted by atomic mass is 79.9. The molecule has 1 heterocycles. The van der Waals surface area contributed by atoms with E-state index in [4.69, 9.17) is 15.3 Å². The van der Waals surface area contributed by atoms with Gasteiger partial charge in [0.25, 0.3) is 0 Å². The van der Waals surface area contributed by atoms with Gasteiger partial charge in [-0.3, -0.25) is 0 Å². The fraction of sp³-hybridized carbons (Fsp3) is 0.0417. The van der Waals surface area contributed by atoms with E-state index in [1.807, 2.05) is 30.5 Å². The zero-order chi connectivity index (χ0) is 22.7. The van der Waals surface area contributed by atoms with Crippen molar-refractivity contribution in [1.82, 2.24) is 9.78 Å². The van der Waals surface area contributed by atoms with Crippen LogP contribution in [0.3, 0.4) is 0 Å². The van der Waals surface area contributed by atoms with Gasteiger partial charge in [-0.1, -0.05) is 28.1 Å². The monoisotopic (exact) mass is 491 g/mol. The van der Waals surface area contributed by atoms with Crippen LogP contribution >= 0.6 is 15.9 Å². The highest BCUT2D eigenvalue weighted by molar-refractivity contribution is 9.10. The number of hydrogen-bond donors (Lipinski definition) is 3. The van der Waals surface area contributed by atoms with Gasteiger partial charge >= 0.3 is 11.9 Å².